The van der Waals surface area contributed by atoms with Gasteiger partial charge in [-0.1, -0.05) is 23.2 Å². The van der Waals surface area contributed by atoms with Gasteiger partial charge in [0.2, 0.25) is 5.91 Å². The molecular weight excluding hydrogens is 361 g/mol. The molecule has 1 amide bonds. The smallest absolute Gasteiger partial charge is 0.224 e. The summed E-state index contributed by atoms with van der Waals surface area (Å²) in [6.45, 7) is 3.92. The van der Waals surface area contributed by atoms with Gasteiger partial charge in [0.25, 0.3) is 0 Å². The summed E-state index contributed by atoms with van der Waals surface area (Å²) in [4.78, 5) is 15.5. The summed E-state index contributed by atoms with van der Waals surface area (Å²) in [5, 5.41) is 23.8. The molecule has 5 nitrogen and oxygen atoms in total. The van der Waals surface area contributed by atoms with Gasteiger partial charge in [0, 0.05) is 23.5 Å². The predicted octanol–water partition coefficient (Wildman–Crippen LogP) is 3.46. The fourth-order valence-corrected chi connectivity index (χ4v) is 4.00. The van der Waals surface area contributed by atoms with E-state index in [1.807, 2.05) is 0 Å². The van der Waals surface area contributed by atoms with Crippen LogP contribution in [0.3, 0.4) is 0 Å². The number of nitriles is 1. The molecule has 0 spiro atoms. The number of halogens is 2. The van der Waals surface area contributed by atoms with E-state index in [4.69, 9.17) is 28.5 Å². The fraction of sp³-hybridized carbons (Fsp3) is 0.444. The van der Waals surface area contributed by atoms with Crippen LogP contribution < -0.4 is 5.32 Å². The number of H-pyrrole nitrogens is 1. The zero-order chi connectivity index (χ0) is 18.4. The lowest BCUT2D eigenvalue weighted by molar-refractivity contribution is -0.120. The summed E-state index contributed by atoms with van der Waals surface area (Å²) in [5.41, 5.74) is 2.23. The van der Waals surface area contributed by atoms with Gasteiger partial charge >= 0.3 is 0 Å². The van der Waals surface area contributed by atoms with Crippen molar-refractivity contribution in [1.29, 1.82) is 5.26 Å². The Morgan fingerprint density at radius 2 is 2.16 bits per heavy atom. The molecule has 0 saturated carbocycles. The number of carbonyl (C=O) groups is 1. The van der Waals surface area contributed by atoms with Crippen LogP contribution in [0.25, 0.3) is 10.9 Å². The maximum atomic E-state index is 12.2. The molecule has 1 aromatic carbocycles. The maximum Gasteiger partial charge on any atom is 0.224 e. The van der Waals surface area contributed by atoms with Gasteiger partial charge in [-0.3, -0.25) is 4.79 Å². The van der Waals surface area contributed by atoms with Crippen LogP contribution in [0.15, 0.2) is 6.07 Å². The van der Waals surface area contributed by atoms with Crippen LogP contribution >= 0.6 is 23.2 Å². The molecule has 3 rings (SSSR count). The Labute approximate surface area is 155 Å². The minimum atomic E-state index is -0.884. The average molecular weight is 380 g/mol. The summed E-state index contributed by atoms with van der Waals surface area (Å²) in [6.07, 6.45) is 0.857. The SMILES string of the molecule is CC(C)(O)C[C@@H]1CNC(=O)Cc2c1[nH]c1c(Cl)c(Cl)cc(CC#N)c21. The molecule has 2 aromatic rings. The Balaban J connectivity index is 2.28. The first kappa shape index (κ1) is 18.1. The second-order valence-electron chi connectivity index (χ2n) is 7.13. The van der Waals surface area contributed by atoms with Crippen molar-refractivity contribution in [3.8, 4) is 6.07 Å². The number of carbonyl (C=O) groups excluding carboxylic acids is 1. The lowest BCUT2D eigenvalue weighted by Gasteiger charge is -2.24. The second kappa shape index (κ2) is 6.53. The Hall–Kier alpha value is -1.74. The Morgan fingerprint density at radius 3 is 2.80 bits per heavy atom. The van der Waals surface area contributed by atoms with Gasteiger partial charge in [-0.25, -0.2) is 0 Å². The van der Waals surface area contributed by atoms with Crippen LogP contribution in [-0.2, 0) is 17.6 Å². The van der Waals surface area contributed by atoms with E-state index >= 15 is 0 Å². The lowest BCUT2D eigenvalue weighted by Crippen LogP contribution is -2.30. The van der Waals surface area contributed by atoms with Crippen molar-refractivity contribution in [3.05, 3.63) is 32.9 Å². The highest BCUT2D eigenvalue weighted by Crippen LogP contribution is 2.40. The van der Waals surface area contributed by atoms with Gasteiger partial charge < -0.3 is 15.4 Å². The summed E-state index contributed by atoms with van der Waals surface area (Å²) >= 11 is 12.6. The molecule has 1 aliphatic heterocycles. The normalized spacial score (nSPS) is 17.8. The van der Waals surface area contributed by atoms with Crippen molar-refractivity contribution in [1.82, 2.24) is 10.3 Å². The molecule has 7 heteroatoms. The molecule has 0 aliphatic carbocycles. The van der Waals surface area contributed by atoms with Gasteiger partial charge in [0.15, 0.2) is 0 Å². The number of benzene rings is 1. The van der Waals surface area contributed by atoms with Crippen molar-refractivity contribution in [2.75, 3.05) is 6.54 Å². The molecule has 3 N–H and O–H groups in total. The van der Waals surface area contributed by atoms with E-state index < -0.39 is 5.60 Å². The molecule has 25 heavy (non-hydrogen) atoms. The molecular formula is C18H19Cl2N3O2. The molecule has 132 valence electrons. The van der Waals surface area contributed by atoms with E-state index in [1.165, 1.54) is 0 Å². The highest BCUT2D eigenvalue weighted by molar-refractivity contribution is 6.45. The first-order valence-corrected chi connectivity index (χ1v) is 8.84. The molecule has 0 unspecified atom stereocenters. The zero-order valence-corrected chi connectivity index (χ0v) is 15.6. The molecule has 0 saturated heterocycles. The van der Waals surface area contributed by atoms with Gasteiger partial charge in [-0.15, -0.1) is 0 Å². The zero-order valence-electron chi connectivity index (χ0n) is 14.0. The van der Waals surface area contributed by atoms with Crippen LogP contribution in [0.4, 0.5) is 0 Å². The Bertz CT molecular complexity index is 891. The number of hydrogen-bond donors (Lipinski definition) is 3. The molecule has 0 fully saturated rings. The van der Waals surface area contributed by atoms with E-state index in [2.05, 4.69) is 16.4 Å². The Kier molecular flexibility index (Phi) is 4.72. The highest BCUT2D eigenvalue weighted by atomic mass is 35.5. The summed E-state index contributed by atoms with van der Waals surface area (Å²) < 4.78 is 0. The number of nitrogens with zero attached hydrogens (tertiary/aromatic N) is 1. The third-order valence-corrected chi connectivity index (χ3v) is 5.28. The van der Waals surface area contributed by atoms with E-state index in [9.17, 15) is 9.90 Å². The van der Waals surface area contributed by atoms with Crippen molar-refractivity contribution in [2.24, 2.45) is 0 Å². The molecule has 1 aliphatic rings. The van der Waals surface area contributed by atoms with E-state index in [0.717, 1.165) is 22.2 Å². The number of aliphatic hydroxyl groups is 1. The molecule has 2 heterocycles. The number of hydrogen-bond acceptors (Lipinski definition) is 3. The summed E-state index contributed by atoms with van der Waals surface area (Å²) in [5.74, 6) is -0.173. The standard InChI is InChI=1S/C18H19Cl2N3O2/c1-18(2,25)7-10-8-22-13(24)6-11-14-9(3-4-21)5-12(19)15(20)17(14)23-16(10)11/h5,10,23,25H,3,6-8H2,1-2H3,(H,22,24)/t10-/m1/s1. The van der Waals surface area contributed by atoms with Crippen LogP contribution in [0.5, 0.6) is 0 Å². The minimum Gasteiger partial charge on any atom is -0.390 e. The van der Waals surface area contributed by atoms with Gasteiger partial charge in [0.1, 0.15) is 0 Å². The molecule has 1 aromatic heterocycles. The van der Waals surface area contributed by atoms with Gasteiger partial charge in [0.05, 0.1) is 40.1 Å². The van der Waals surface area contributed by atoms with Crippen LogP contribution in [0.1, 0.15) is 43.0 Å². The predicted molar refractivity (Wildman–Crippen MR) is 98.0 cm³/mol. The fourth-order valence-electron chi connectivity index (χ4n) is 3.58. The number of aromatic nitrogens is 1. The number of aromatic amines is 1. The van der Waals surface area contributed by atoms with Crippen molar-refractivity contribution >= 4 is 40.0 Å². The van der Waals surface area contributed by atoms with Crippen LogP contribution in [0, 0.1) is 11.3 Å². The topological polar surface area (TPSA) is 88.9 Å². The van der Waals surface area contributed by atoms with Crippen LogP contribution in [-0.4, -0.2) is 28.1 Å². The molecule has 1 atom stereocenters. The lowest BCUT2D eigenvalue weighted by atomic mass is 9.88. The van der Waals surface area contributed by atoms with Gasteiger partial charge in [-0.05, 0) is 37.5 Å². The van der Waals surface area contributed by atoms with Crippen LogP contribution in [0.2, 0.25) is 10.0 Å². The van der Waals surface area contributed by atoms with E-state index in [-0.39, 0.29) is 24.7 Å². The van der Waals surface area contributed by atoms with E-state index in [1.54, 1.807) is 19.9 Å². The Morgan fingerprint density at radius 1 is 1.44 bits per heavy atom. The van der Waals surface area contributed by atoms with Crippen molar-refractivity contribution in [3.63, 3.8) is 0 Å². The van der Waals surface area contributed by atoms with Crippen molar-refractivity contribution in [2.45, 2.75) is 44.6 Å². The maximum absolute atomic E-state index is 12.2. The van der Waals surface area contributed by atoms with Crippen molar-refractivity contribution < 1.29 is 9.90 Å². The first-order chi connectivity index (χ1) is 11.7. The molecule has 0 bridgehead atoms. The van der Waals surface area contributed by atoms with E-state index in [0.29, 0.717) is 28.5 Å². The average Bonchev–Trinajstić information content (AvgIpc) is 2.81. The number of rotatable bonds is 3. The highest BCUT2D eigenvalue weighted by Gasteiger charge is 2.31. The summed E-state index contributed by atoms with van der Waals surface area (Å²) in [7, 11) is 0. The third-order valence-electron chi connectivity index (χ3n) is 4.49. The minimum absolute atomic E-state index is 0.0846. The van der Waals surface area contributed by atoms with Gasteiger partial charge in [-0.2, -0.15) is 5.26 Å². The second-order valence-corrected chi connectivity index (χ2v) is 7.91. The largest absolute Gasteiger partial charge is 0.390 e. The monoisotopic (exact) mass is 379 g/mol. The number of amides is 1. The number of fused-ring (bicyclic) bond motifs is 3. The molecule has 0 radical (unpaired) electrons. The summed E-state index contributed by atoms with van der Waals surface area (Å²) in [6, 6.07) is 3.83. The quantitative estimate of drug-likeness (QED) is 0.762. The number of nitrogens with one attached hydrogen (secondary N) is 2. The first-order valence-electron chi connectivity index (χ1n) is 8.08. The third kappa shape index (κ3) is 3.48.